The first kappa shape index (κ1) is 11.6. The number of carbonyl (C=O) groups excluding carboxylic acids is 1. The highest BCUT2D eigenvalue weighted by atomic mass is 32.1. The fourth-order valence-electron chi connectivity index (χ4n) is 1.85. The lowest BCUT2D eigenvalue weighted by molar-refractivity contribution is -0.132. The van der Waals surface area contributed by atoms with E-state index in [2.05, 4.69) is 5.32 Å². The predicted octanol–water partition coefficient (Wildman–Crippen LogP) is 0.570. The Morgan fingerprint density at radius 1 is 1.50 bits per heavy atom. The Balaban J connectivity index is 2.00. The van der Waals surface area contributed by atoms with E-state index in [1.807, 2.05) is 22.4 Å². The molecule has 1 aliphatic rings. The van der Waals surface area contributed by atoms with Gasteiger partial charge in [-0.05, 0) is 24.4 Å². The number of nitrogens with zero attached hydrogens (tertiary/aromatic N) is 1. The van der Waals surface area contributed by atoms with E-state index in [0.29, 0.717) is 0 Å². The summed E-state index contributed by atoms with van der Waals surface area (Å²) in [6.45, 7) is 3.42. The average molecular weight is 239 g/mol. The predicted molar refractivity (Wildman–Crippen MR) is 65.3 cm³/mol. The summed E-state index contributed by atoms with van der Waals surface area (Å²) in [6, 6.07) is 3.36. The second kappa shape index (κ2) is 5.43. The first-order valence-electron chi connectivity index (χ1n) is 5.57. The van der Waals surface area contributed by atoms with Gasteiger partial charge in [0.1, 0.15) is 6.04 Å². The first-order valence-corrected chi connectivity index (χ1v) is 6.45. The molecule has 0 aliphatic carbocycles. The Bertz CT molecular complexity index is 331. The third-order valence-electron chi connectivity index (χ3n) is 2.77. The van der Waals surface area contributed by atoms with Gasteiger partial charge in [0.25, 0.3) is 0 Å². The van der Waals surface area contributed by atoms with Crippen LogP contribution in [-0.2, 0) is 4.79 Å². The van der Waals surface area contributed by atoms with Gasteiger partial charge < -0.3 is 16.0 Å². The number of nitrogens with one attached hydrogen (secondary N) is 1. The van der Waals surface area contributed by atoms with Gasteiger partial charge in [-0.1, -0.05) is 6.07 Å². The molecule has 1 aromatic rings. The van der Waals surface area contributed by atoms with Crippen molar-refractivity contribution in [3.63, 3.8) is 0 Å². The lowest BCUT2D eigenvalue weighted by atomic mass is 10.2. The zero-order chi connectivity index (χ0) is 11.4. The first-order chi connectivity index (χ1) is 7.79. The minimum absolute atomic E-state index is 0.0474. The number of nitrogens with two attached hydrogens (primary N) is 1. The smallest absolute Gasteiger partial charge is 0.244 e. The van der Waals surface area contributed by atoms with Crippen LogP contribution in [0.4, 0.5) is 0 Å². The second-order valence-electron chi connectivity index (χ2n) is 3.92. The van der Waals surface area contributed by atoms with Crippen molar-refractivity contribution < 1.29 is 4.79 Å². The molecule has 1 amide bonds. The highest BCUT2D eigenvalue weighted by molar-refractivity contribution is 7.10. The van der Waals surface area contributed by atoms with Crippen LogP contribution in [-0.4, -0.2) is 37.0 Å². The van der Waals surface area contributed by atoms with Crippen LogP contribution in [0.2, 0.25) is 0 Å². The molecule has 3 N–H and O–H groups in total. The Hall–Kier alpha value is -0.910. The van der Waals surface area contributed by atoms with Crippen LogP contribution in [0.3, 0.4) is 0 Å². The summed E-state index contributed by atoms with van der Waals surface area (Å²) >= 11 is 1.54. The van der Waals surface area contributed by atoms with Crippen molar-refractivity contribution in [3.8, 4) is 0 Å². The molecule has 0 bridgehead atoms. The quantitative estimate of drug-likeness (QED) is 0.793. The van der Waals surface area contributed by atoms with Crippen LogP contribution in [0.5, 0.6) is 0 Å². The molecule has 2 heterocycles. The summed E-state index contributed by atoms with van der Waals surface area (Å²) in [7, 11) is 0. The molecule has 2 rings (SSSR count). The van der Waals surface area contributed by atoms with Crippen LogP contribution in [0.15, 0.2) is 17.5 Å². The van der Waals surface area contributed by atoms with Gasteiger partial charge >= 0.3 is 0 Å². The van der Waals surface area contributed by atoms with Crippen molar-refractivity contribution in [2.24, 2.45) is 5.73 Å². The SMILES string of the molecule is NC(C(=O)N1CCCNCC1)c1cccs1. The van der Waals surface area contributed by atoms with Gasteiger partial charge in [0.15, 0.2) is 0 Å². The molecule has 0 aromatic carbocycles. The van der Waals surface area contributed by atoms with Crippen LogP contribution in [0.25, 0.3) is 0 Å². The normalized spacial score (nSPS) is 19.2. The molecular formula is C11H17N3OS. The van der Waals surface area contributed by atoms with Gasteiger partial charge in [-0.25, -0.2) is 0 Å². The van der Waals surface area contributed by atoms with Gasteiger partial charge in [-0.15, -0.1) is 11.3 Å². The van der Waals surface area contributed by atoms with Crippen LogP contribution >= 0.6 is 11.3 Å². The minimum atomic E-state index is -0.488. The molecule has 1 aromatic heterocycles. The van der Waals surface area contributed by atoms with E-state index in [1.54, 1.807) is 11.3 Å². The fourth-order valence-corrected chi connectivity index (χ4v) is 2.57. The average Bonchev–Trinajstić information content (AvgIpc) is 2.70. The minimum Gasteiger partial charge on any atom is -0.340 e. The molecule has 88 valence electrons. The van der Waals surface area contributed by atoms with E-state index in [-0.39, 0.29) is 5.91 Å². The molecule has 0 radical (unpaired) electrons. The number of hydrogen-bond acceptors (Lipinski definition) is 4. The van der Waals surface area contributed by atoms with E-state index in [0.717, 1.165) is 37.5 Å². The molecule has 5 heteroatoms. The van der Waals surface area contributed by atoms with Gasteiger partial charge in [0.2, 0.25) is 5.91 Å². The van der Waals surface area contributed by atoms with Gasteiger partial charge in [0.05, 0.1) is 0 Å². The highest BCUT2D eigenvalue weighted by Crippen LogP contribution is 2.19. The fraction of sp³-hybridized carbons (Fsp3) is 0.545. The third-order valence-corrected chi connectivity index (χ3v) is 3.72. The highest BCUT2D eigenvalue weighted by Gasteiger charge is 2.23. The van der Waals surface area contributed by atoms with E-state index in [1.165, 1.54) is 0 Å². The third kappa shape index (κ3) is 2.61. The molecule has 1 fully saturated rings. The number of rotatable bonds is 2. The van der Waals surface area contributed by atoms with Crippen molar-refractivity contribution in [2.45, 2.75) is 12.5 Å². The number of carbonyl (C=O) groups is 1. The van der Waals surface area contributed by atoms with Gasteiger partial charge in [0, 0.05) is 24.5 Å². The lowest BCUT2D eigenvalue weighted by Crippen LogP contribution is -2.40. The summed E-state index contributed by atoms with van der Waals surface area (Å²) < 4.78 is 0. The van der Waals surface area contributed by atoms with Crippen molar-refractivity contribution in [1.82, 2.24) is 10.2 Å². The standard InChI is InChI=1S/C11H17N3OS/c12-10(9-3-1-8-16-9)11(15)14-6-2-4-13-5-7-14/h1,3,8,10,13H,2,4-7,12H2. The number of hydrogen-bond donors (Lipinski definition) is 2. The molecule has 1 aliphatic heterocycles. The summed E-state index contributed by atoms with van der Waals surface area (Å²) in [5.41, 5.74) is 5.96. The van der Waals surface area contributed by atoms with Crippen molar-refractivity contribution in [3.05, 3.63) is 22.4 Å². The van der Waals surface area contributed by atoms with Crippen molar-refractivity contribution in [1.29, 1.82) is 0 Å². The van der Waals surface area contributed by atoms with Gasteiger partial charge in [-0.3, -0.25) is 4.79 Å². The molecule has 1 atom stereocenters. The number of thiophene rings is 1. The molecule has 1 unspecified atom stereocenters. The Kier molecular flexibility index (Phi) is 3.93. The Morgan fingerprint density at radius 3 is 3.12 bits per heavy atom. The van der Waals surface area contributed by atoms with Crippen molar-refractivity contribution in [2.75, 3.05) is 26.2 Å². The largest absolute Gasteiger partial charge is 0.340 e. The van der Waals surface area contributed by atoms with E-state index < -0.39 is 6.04 Å². The molecular weight excluding hydrogens is 222 g/mol. The van der Waals surface area contributed by atoms with Crippen molar-refractivity contribution >= 4 is 17.2 Å². The Labute approximate surface area is 99.4 Å². The summed E-state index contributed by atoms with van der Waals surface area (Å²) in [6.07, 6.45) is 1.00. The zero-order valence-corrected chi connectivity index (χ0v) is 10.0. The zero-order valence-electron chi connectivity index (χ0n) is 9.19. The molecule has 16 heavy (non-hydrogen) atoms. The molecule has 4 nitrogen and oxygen atoms in total. The summed E-state index contributed by atoms with van der Waals surface area (Å²) in [4.78, 5) is 14.9. The lowest BCUT2D eigenvalue weighted by Gasteiger charge is -2.23. The second-order valence-corrected chi connectivity index (χ2v) is 4.90. The topological polar surface area (TPSA) is 58.4 Å². The maximum atomic E-state index is 12.1. The monoisotopic (exact) mass is 239 g/mol. The maximum absolute atomic E-state index is 12.1. The molecule has 1 saturated heterocycles. The molecule has 0 saturated carbocycles. The van der Waals surface area contributed by atoms with E-state index in [4.69, 9.17) is 5.73 Å². The van der Waals surface area contributed by atoms with E-state index >= 15 is 0 Å². The summed E-state index contributed by atoms with van der Waals surface area (Å²) in [5.74, 6) is 0.0474. The van der Waals surface area contributed by atoms with Crippen LogP contribution < -0.4 is 11.1 Å². The summed E-state index contributed by atoms with van der Waals surface area (Å²) in [5, 5.41) is 5.22. The van der Waals surface area contributed by atoms with Crippen LogP contribution in [0, 0.1) is 0 Å². The molecule has 0 spiro atoms. The van der Waals surface area contributed by atoms with E-state index in [9.17, 15) is 4.79 Å². The Morgan fingerprint density at radius 2 is 2.38 bits per heavy atom. The van der Waals surface area contributed by atoms with Crippen LogP contribution in [0.1, 0.15) is 17.3 Å². The maximum Gasteiger partial charge on any atom is 0.244 e. The van der Waals surface area contributed by atoms with Gasteiger partial charge in [-0.2, -0.15) is 0 Å². The number of amides is 1.